The first-order valence-electron chi connectivity index (χ1n) is 8.71. The Kier molecular flexibility index (Phi) is 4.36. The van der Waals surface area contributed by atoms with E-state index in [-0.39, 0.29) is 5.63 Å². The summed E-state index contributed by atoms with van der Waals surface area (Å²) in [5.74, 6) is 0.701. The summed E-state index contributed by atoms with van der Waals surface area (Å²) in [6, 6.07) is 10.1. The summed E-state index contributed by atoms with van der Waals surface area (Å²) >= 11 is 1.87. The molecule has 5 heteroatoms. The monoisotopic (exact) mass is 356 g/mol. The molecule has 0 saturated carbocycles. The molecule has 0 radical (unpaired) electrons. The highest BCUT2D eigenvalue weighted by Crippen LogP contribution is 2.28. The standard InChI is InChI=1S/C20H21NO3S/c1-3-17-16-7-9-25-19(16)6-8-21(17)12-13-10-20(22)24-18-11-14(23-2)4-5-15(13)18/h4-5,7,9-11,17H,3,6,8,12H2,1-2H3/p+1/t17-/m0/s1. The smallest absolute Gasteiger partial charge is 0.336 e. The molecule has 2 atom stereocenters. The van der Waals surface area contributed by atoms with Gasteiger partial charge in [-0.25, -0.2) is 4.79 Å². The SMILES string of the molecule is CC[C@H]1c2ccsc2CC[NH+]1Cc1cc(=O)oc2cc(OC)ccc12. The third kappa shape index (κ3) is 2.98. The van der Waals surface area contributed by atoms with Gasteiger partial charge >= 0.3 is 5.63 Å². The summed E-state index contributed by atoms with van der Waals surface area (Å²) in [6.45, 7) is 4.19. The van der Waals surface area contributed by atoms with Crippen molar-refractivity contribution in [3.8, 4) is 5.75 Å². The van der Waals surface area contributed by atoms with Crippen molar-refractivity contribution in [2.45, 2.75) is 32.4 Å². The van der Waals surface area contributed by atoms with Gasteiger partial charge in [-0.15, -0.1) is 11.3 Å². The van der Waals surface area contributed by atoms with Gasteiger partial charge in [0.15, 0.2) is 0 Å². The Morgan fingerprint density at radius 2 is 2.20 bits per heavy atom. The Morgan fingerprint density at radius 3 is 3.00 bits per heavy atom. The van der Waals surface area contributed by atoms with Crippen LogP contribution in [0, 0.1) is 0 Å². The lowest BCUT2D eigenvalue weighted by Crippen LogP contribution is -3.12. The number of fused-ring (bicyclic) bond motifs is 2. The van der Waals surface area contributed by atoms with E-state index in [1.54, 1.807) is 19.2 Å². The van der Waals surface area contributed by atoms with Crippen molar-refractivity contribution in [1.29, 1.82) is 0 Å². The third-order valence-electron chi connectivity index (χ3n) is 5.18. The fourth-order valence-corrected chi connectivity index (χ4v) is 4.93. The van der Waals surface area contributed by atoms with Crippen LogP contribution in [0.1, 0.15) is 35.4 Å². The largest absolute Gasteiger partial charge is 0.497 e. The van der Waals surface area contributed by atoms with Gasteiger partial charge in [-0.2, -0.15) is 0 Å². The number of thiophene rings is 1. The zero-order valence-electron chi connectivity index (χ0n) is 14.5. The number of rotatable bonds is 4. The Hall–Kier alpha value is -2.11. The topological polar surface area (TPSA) is 43.9 Å². The van der Waals surface area contributed by atoms with Gasteiger partial charge in [-0.3, -0.25) is 0 Å². The van der Waals surface area contributed by atoms with Crippen LogP contribution in [-0.2, 0) is 13.0 Å². The van der Waals surface area contributed by atoms with Crippen LogP contribution < -0.4 is 15.3 Å². The third-order valence-corrected chi connectivity index (χ3v) is 6.18. The first kappa shape index (κ1) is 16.4. The lowest BCUT2D eigenvalue weighted by atomic mass is 9.96. The fourth-order valence-electron chi connectivity index (χ4n) is 3.98. The maximum atomic E-state index is 12.0. The van der Waals surface area contributed by atoms with Crippen molar-refractivity contribution < 1.29 is 14.1 Å². The molecule has 25 heavy (non-hydrogen) atoms. The number of hydrogen-bond donors (Lipinski definition) is 1. The van der Waals surface area contributed by atoms with Crippen LogP contribution in [-0.4, -0.2) is 13.7 Å². The molecule has 3 heterocycles. The van der Waals surface area contributed by atoms with Crippen LogP contribution >= 0.6 is 11.3 Å². The average molecular weight is 356 g/mol. The van der Waals surface area contributed by atoms with Gasteiger partial charge in [0.2, 0.25) is 0 Å². The van der Waals surface area contributed by atoms with Crippen LogP contribution in [0.3, 0.4) is 0 Å². The molecular formula is C20H22NO3S+. The molecule has 1 aliphatic heterocycles. The number of nitrogens with one attached hydrogen (secondary N) is 1. The lowest BCUT2D eigenvalue weighted by molar-refractivity contribution is -0.947. The molecule has 0 bridgehead atoms. The molecule has 4 rings (SSSR count). The van der Waals surface area contributed by atoms with Gasteiger partial charge in [0, 0.05) is 46.4 Å². The number of benzene rings is 1. The first-order chi connectivity index (χ1) is 12.2. The van der Waals surface area contributed by atoms with Gasteiger partial charge in [0.05, 0.1) is 13.7 Å². The molecule has 0 amide bonds. The molecule has 0 spiro atoms. The molecule has 1 unspecified atom stereocenters. The zero-order valence-corrected chi connectivity index (χ0v) is 15.3. The molecule has 2 aromatic heterocycles. The minimum absolute atomic E-state index is 0.295. The van der Waals surface area contributed by atoms with Gasteiger partial charge in [0.1, 0.15) is 23.9 Å². The number of quaternary nitrogens is 1. The molecule has 3 aromatic rings. The van der Waals surface area contributed by atoms with E-state index in [0.717, 1.165) is 36.9 Å². The summed E-state index contributed by atoms with van der Waals surface area (Å²) in [4.78, 5) is 15.1. The van der Waals surface area contributed by atoms with E-state index in [1.807, 2.05) is 23.5 Å². The van der Waals surface area contributed by atoms with Crippen molar-refractivity contribution in [2.24, 2.45) is 0 Å². The minimum Gasteiger partial charge on any atom is -0.497 e. The average Bonchev–Trinajstić information content (AvgIpc) is 3.09. The molecule has 0 saturated heterocycles. The van der Waals surface area contributed by atoms with E-state index in [1.165, 1.54) is 15.3 Å². The molecule has 1 aromatic carbocycles. The second-order valence-electron chi connectivity index (χ2n) is 6.55. The van der Waals surface area contributed by atoms with Gasteiger partial charge in [0.25, 0.3) is 0 Å². The maximum Gasteiger partial charge on any atom is 0.336 e. The van der Waals surface area contributed by atoms with Gasteiger partial charge in [-0.1, -0.05) is 6.92 Å². The molecule has 1 aliphatic rings. The summed E-state index contributed by atoms with van der Waals surface area (Å²) < 4.78 is 10.6. The number of methoxy groups -OCH3 is 1. The quantitative estimate of drug-likeness (QED) is 0.731. The van der Waals surface area contributed by atoms with Crippen LogP contribution in [0.25, 0.3) is 11.0 Å². The molecular weight excluding hydrogens is 334 g/mol. The first-order valence-corrected chi connectivity index (χ1v) is 9.59. The number of ether oxygens (including phenoxy) is 1. The van der Waals surface area contributed by atoms with Crippen molar-refractivity contribution in [3.05, 3.63) is 62.1 Å². The lowest BCUT2D eigenvalue weighted by Gasteiger charge is -2.32. The van der Waals surface area contributed by atoms with Crippen molar-refractivity contribution in [1.82, 2.24) is 0 Å². The van der Waals surface area contributed by atoms with Crippen LogP contribution in [0.2, 0.25) is 0 Å². The highest BCUT2D eigenvalue weighted by atomic mass is 32.1. The molecule has 0 fully saturated rings. The van der Waals surface area contributed by atoms with Crippen LogP contribution in [0.4, 0.5) is 0 Å². The van der Waals surface area contributed by atoms with Gasteiger partial charge < -0.3 is 14.1 Å². The Labute approximate surface area is 150 Å². The highest BCUT2D eigenvalue weighted by Gasteiger charge is 2.31. The van der Waals surface area contributed by atoms with Crippen LogP contribution in [0.15, 0.2) is 44.9 Å². The Balaban J connectivity index is 1.72. The Bertz CT molecular complexity index is 959. The van der Waals surface area contributed by atoms with Crippen LogP contribution in [0.5, 0.6) is 5.75 Å². The van der Waals surface area contributed by atoms with E-state index in [0.29, 0.717) is 17.4 Å². The van der Waals surface area contributed by atoms with E-state index < -0.39 is 0 Å². The minimum atomic E-state index is -0.295. The summed E-state index contributed by atoms with van der Waals surface area (Å²) in [6.07, 6.45) is 2.22. The summed E-state index contributed by atoms with van der Waals surface area (Å²) in [5.41, 5.74) is 2.85. The molecule has 0 aliphatic carbocycles. The molecule has 130 valence electrons. The predicted octanol–water partition coefficient (Wildman–Crippen LogP) is 2.96. The van der Waals surface area contributed by atoms with Gasteiger partial charge in [-0.05, 0) is 23.6 Å². The molecule has 1 N–H and O–H groups in total. The van der Waals surface area contributed by atoms with E-state index in [4.69, 9.17) is 9.15 Å². The summed E-state index contributed by atoms with van der Waals surface area (Å²) in [5, 5.41) is 3.20. The zero-order chi connectivity index (χ0) is 17.4. The molecule has 4 nitrogen and oxygen atoms in total. The van der Waals surface area contributed by atoms with E-state index >= 15 is 0 Å². The van der Waals surface area contributed by atoms with Crippen molar-refractivity contribution in [2.75, 3.05) is 13.7 Å². The summed E-state index contributed by atoms with van der Waals surface area (Å²) in [7, 11) is 1.62. The van der Waals surface area contributed by atoms with E-state index in [9.17, 15) is 4.79 Å². The normalized spacial score (nSPS) is 19.8. The van der Waals surface area contributed by atoms with E-state index in [2.05, 4.69) is 18.4 Å². The Morgan fingerprint density at radius 1 is 1.32 bits per heavy atom. The van der Waals surface area contributed by atoms with Crippen molar-refractivity contribution >= 4 is 22.3 Å². The predicted molar refractivity (Wildman–Crippen MR) is 99.6 cm³/mol. The number of hydrogen-bond acceptors (Lipinski definition) is 4. The fraction of sp³-hybridized carbons (Fsp3) is 0.350. The van der Waals surface area contributed by atoms with Crippen molar-refractivity contribution in [3.63, 3.8) is 0 Å². The maximum absolute atomic E-state index is 12.0. The highest BCUT2D eigenvalue weighted by molar-refractivity contribution is 7.10. The second-order valence-corrected chi connectivity index (χ2v) is 7.55. The second kappa shape index (κ2) is 6.65.